The van der Waals surface area contributed by atoms with Gasteiger partial charge in [0, 0.05) is 37.0 Å². The van der Waals surface area contributed by atoms with E-state index >= 15 is 0 Å². The molecule has 3 rings (SSSR count). The number of amides is 2. The van der Waals surface area contributed by atoms with Crippen LogP contribution in [0.3, 0.4) is 0 Å². The van der Waals surface area contributed by atoms with Gasteiger partial charge in [-0.1, -0.05) is 17.7 Å². The van der Waals surface area contributed by atoms with E-state index in [0.29, 0.717) is 29.7 Å². The van der Waals surface area contributed by atoms with Crippen molar-refractivity contribution in [2.75, 3.05) is 19.8 Å². The lowest BCUT2D eigenvalue weighted by Crippen LogP contribution is -2.28. The lowest BCUT2D eigenvalue weighted by molar-refractivity contribution is 0.0713. The molecule has 31 heavy (non-hydrogen) atoms. The second kappa shape index (κ2) is 10.0. The van der Waals surface area contributed by atoms with Crippen molar-refractivity contribution in [3.63, 3.8) is 0 Å². The third-order valence-electron chi connectivity index (χ3n) is 4.98. The molecule has 1 aromatic heterocycles. The predicted octanol–water partition coefficient (Wildman–Crippen LogP) is 3.21. The molecule has 1 atom stereocenters. The number of ether oxygens (including phenoxy) is 1. The second-order valence-electron chi connectivity index (χ2n) is 7.02. The Morgan fingerprint density at radius 1 is 1.39 bits per heavy atom. The fourth-order valence-electron chi connectivity index (χ4n) is 3.35. The van der Waals surface area contributed by atoms with Crippen LogP contribution in [0.25, 0.3) is 0 Å². The molecule has 10 heteroatoms. The van der Waals surface area contributed by atoms with Gasteiger partial charge in [0.2, 0.25) is 0 Å². The van der Waals surface area contributed by atoms with Gasteiger partial charge in [0.15, 0.2) is 0 Å². The van der Waals surface area contributed by atoms with Gasteiger partial charge in [-0.2, -0.15) is 0 Å². The highest BCUT2D eigenvalue weighted by Gasteiger charge is 2.35. The first-order valence-electron chi connectivity index (χ1n) is 9.71. The van der Waals surface area contributed by atoms with E-state index in [4.69, 9.17) is 21.4 Å². The van der Waals surface area contributed by atoms with E-state index in [2.05, 4.69) is 10.3 Å². The number of hydrogen-bond acceptors (Lipinski definition) is 5. The Morgan fingerprint density at radius 2 is 2.16 bits per heavy atom. The molecular weight excluding hydrogens is 432 g/mol. The van der Waals surface area contributed by atoms with Gasteiger partial charge in [-0.05, 0) is 37.1 Å². The fraction of sp³-hybridized carbons (Fsp3) is 0.381. The zero-order valence-electron chi connectivity index (χ0n) is 16.8. The monoisotopic (exact) mass is 453 g/mol. The summed E-state index contributed by atoms with van der Waals surface area (Å²) in [6.45, 7) is 1.49. The number of rotatable bonds is 9. The zero-order chi connectivity index (χ0) is 22.5. The lowest BCUT2D eigenvalue weighted by atomic mass is 10.1. The van der Waals surface area contributed by atoms with E-state index in [0.717, 1.165) is 0 Å². The first-order valence-corrected chi connectivity index (χ1v) is 10.1. The molecule has 2 aromatic rings. The maximum absolute atomic E-state index is 13.0. The van der Waals surface area contributed by atoms with Gasteiger partial charge in [-0.25, -0.2) is 8.78 Å². The average Bonchev–Trinajstić information content (AvgIpc) is 3.09. The molecule has 0 spiro atoms. The van der Waals surface area contributed by atoms with Crippen molar-refractivity contribution in [1.29, 1.82) is 0 Å². The average molecular weight is 454 g/mol. The lowest BCUT2D eigenvalue weighted by Gasteiger charge is -2.25. The summed E-state index contributed by atoms with van der Waals surface area (Å²) in [6.07, 6.45) is -0.780. The molecule has 2 N–H and O–H groups in total. The van der Waals surface area contributed by atoms with E-state index in [9.17, 15) is 18.4 Å². The molecule has 1 aromatic carbocycles. The van der Waals surface area contributed by atoms with Gasteiger partial charge >= 0.3 is 0 Å². The number of carbonyl (C=O) groups is 2. The number of halogens is 3. The van der Waals surface area contributed by atoms with Gasteiger partial charge in [-0.15, -0.1) is 0 Å². The summed E-state index contributed by atoms with van der Waals surface area (Å²) < 4.78 is 29.7. The summed E-state index contributed by atoms with van der Waals surface area (Å²) in [6, 6.07) is 5.90. The standard InChI is InChI=1S/C21H22ClF2N3O4/c1-12(13-3-4-17(16(22)9-13)31-11-18(23)24)27-10-15-14(21(27)30)5-7-25-19(15)20(29)26-6-2-8-28/h3-5,7,9,12,18,28H,2,6,8,10-11H2,1H3,(H,26,29). The number of hydrogen-bond donors (Lipinski definition) is 2. The van der Waals surface area contributed by atoms with E-state index < -0.39 is 25.0 Å². The molecular formula is C21H22ClF2N3O4. The van der Waals surface area contributed by atoms with Crippen LogP contribution in [-0.2, 0) is 6.54 Å². The second-order valence-corrected chi connectivity index (χ2v) is 7.43. The number of aliphatic hydroxyl groups is 1. The van der Waals surface area contributed by atoms with Crippen LogP contribution < -0.4 is 10.1 Å². The molecule has 1 aliphatic heterocycles. The molecule has 1 unspecified atom stereocenters. The summed E-state index contributed by atoms with van der Waals surface area (Å²) in [7, 11) is 0. The number of alkyl halides is 2. The van der Waals surface area contributed by atoms with Crippen molar-refractivity contribution in [1.82, 2.24) is 15.2 Å². The van der Waals surface area contributed by atoms with Gasteiger partial charge in [0.25, 0.3) is 18.2 Å². The van der Waals surface area contributed by atoms with Gasteiger partial charge in [0.1, 0.15) is 18.1 Å². The third kappa shape index (κ3) is 5.11. The summed E-state index contributed by atoms with van der Waals surface area (Å²) in [4.78, 5) is 31.1. The van der Waals surface area contributed by atoms with Crippen LogP contribution in [0.5, 0.6) is 5.75 Å². The fourth-order valence-corrected chi connectivity index (χ4v) is 3.59. The normalized spacial score (nSPS) is 14.0. The Balaban J connectivity index is 1.78. The predicted molar refractivity (Wildman–Crippen MR) is 110 cm³/mol. The molecule has 0 saturated carbocycles. The molecule has 0 bridgehead atoms. The summed E-state index contributed by atoms with van der Waals surface area (Å²) in [5, 5.41) is 11.7. The smallest absolute Gasteiger partial charge is 0.272 e. The van der Waals surface area contributed by atoms with Gasteiger partial charge in [-0.3, -0.25) is 14.6 Å². The minimum atomic E-state index is -2.61. The van der Waals surface area contributed by atoms with E-state index in [-0.39, 0.29) is 35.5 Å². The van der Waals surface area contributed by atoms with Crippen LogP contribution in [0.2, 0.25) is 5.02 Å². The van der Waals surface area contributed by atoms with E-state index in [1.54, 1.807) is 23.1 Å². The van der Waals surface area contributed by atoms with Crippen LogP contribution in [0.4, 0.5) is 8.78 Å². The van der Waals surface area contributed by atoms with Crippen LogP contribution in [0.15, 0.2) is 30.5 Å². The molecule has 0 saturated heterocycles. The zero-order valence-corrected chi connectivity index (χ0v) is 17.5. The topological polar surface area (TPSA) is 91.8 Å². The number of aromatic nitrogens is 1. The summed E-state index contributed by atoms with van der Waals surface area (Å²) in [5.41, 5.74) is 1.80. The summed E-state index contributed by atoms with van der Waals surface area (Å²) in [5.74, 6) is -0.514. The Labute approximate surface area is 183 Å². The number of benzene rings is 1. The molecule has 0 aliphatic carbocycles. The molecule has 2 amide bonds. The van der Waals surface area contributed by atoms with Crippen LogP contribution in [0, 0.1) is 0 Å². The van der Waals surface area contributed by atoms with Crippen molar-refractivity contribution in [3.8, 4) is 5.75 Å². The Kier molecular flexibility index (Phi) is 7.40. The molecule has 1 aliphatic rings. The molecule has 0 radical (unpaired) electrons. The Hall–Kier alpha value is -2.78. The van der Waals surface area contributed by atoms with Crippen LogP contribution >= 0.6 is 11.6 Å². The first-order chi connectivity index (χ1) is 14.8. The van der Waals surface area contributed by atoms with Crippen molar-refractivity contribution in [3.05, 3.63) is 57.9 Å². The molecule has 7 nitrogen and oxygen atoms in total. The minimum Gasteiger partial charge on any atom is -0.486 e. The third-order valence-corrected chi connectivity index (χ3v) is 5.28. The van der Waals surface area contributed by atoms with Gasteiger partial charge in [0.05, 0.1) is 11.1 Å². The van der Waals surface area contributed by atoms with Gasteiger partial charge < -0.3 is 20.1 Å². The number of nitrogens with one attached hydrogen (secondary N) is 1. The number of fused-ring (bicyclic) bond motifs is 1. The molecule has 0 fully saturated rings. The van der Waals surface area contributed by atoms with Crippen LogP contribution in [-0.4, -0.2) is 53.0 Å². The van der Waals surface area contributed by atoms with E-state index in [1.807, 2.05) is 6.92 Å². The number of pyridine rings is 1. The molecule has 166 valence electrons. The maximum Gasteiger partial charge on any atom is 0.272 e. The van der Waals surface area contributed by atoms with Crippen molar-refractivity contribution in [2.24, 2.45) is 0 Å². The number of carbonyl (C=O) groups excluding carboxylic acids is 2. The van der Waals surface area contributed by atoms with Crippen molar-refractivity contribution < 1.29 is 28.2 Å². The number of nitrogens with zero attached hydrogens (tertiary/aromatic N) is 2. The highest BCUT2D eigenvalue weighted by atomic mass is 35.5. The Morgan fingerprint density at radius 3 is 2.84 bits per heavy atom. The maximum atomic E-state index is 13.0. The minimum absolute atomic E-state index is 0.0427. The number of aliphatic hydroxyl groups excluding tert-OH is 1. The molecule has 2 heterocycles. The largest absolute Gasteiger partial charge is 0.486 e. The Bertz CT molecular complexity index is 974. The SMILES string of the molecule is CC(c1ccc(OCC(F)F)c(Cl)c1)N1Cc2c(ccnc2C(=O)NCCCO)C1=O. The first kappa shape index (κ1) is 22.9. The highest BCUT2D eigenvalue weighted by Crippen LogP contribution is 2.35. The van der Waals surface area contributed by atoms with Crippen molar-refractivity contribution in [2.45, 2.75) is 32.4 Å². The quantitative estimate of drug-likeness (QED) is 0.569. The summed E-state index contributed by atoms with van der Waals surface area (Å²) >= 11 is 6.16. The van der Waals surface area contributed by atoms with Crippen LogP contribution in [0.1, 0.15) is 51.4 Å². The van der Waals surface area contributed by atoms with Crippen molar-refractivity contribution >= 4 is 23.4 Å². The highest BCUT2D eigenvalue weighted by molar-refractivity contribution is 6.32. The van der Waals surface area contributed by atoms with E-state index in [1.165, 1.54) is 12.3 Å².